The lowest BCUT2D eigenvalue weighted by molar-refractivity contribution is 0.0510. The number of rotatable bonds is 2. The van der Waals surface area contributed by atoms with Gasteiger partial charge in [-0.25, -0.2) is 0 Å². The van der Waals surface area contributed by atoms with Gasteiger partial charge in [-0.3, -0.25) is 0 Å². The molecule has 5 atom stereocenters. The number of hydrogen-bond acceptors (Lipinski definition) is 3. The second kappa shape index (κ2) is 6.09. The molecule has 2 aliphatic heterocycles. The number of halogens is 2. The summed E-state index contributed by atoms with van der Waals surface area (Å²) in [5.74, 6) is 2.58. The molecule has 116 valence electrons. The van der Waals surface area contributed by atoms with Crippen LogP contribution >= 0.6 is 31.9 Å². The molecular weight excluding hydrogens is 400 g/mol. The molecule has 3 nitrogen and oxygen atoms in total. The fraction of sp³-hybridized carbons (Fsp3) is 0.625. The van der Waals surface area contributed by atoms with Crippen molar-refractivity contribution in [2.24, 2.45) is 11.8 Å². The van der Waals surface area contributed by atoms with Crippen LogP contribution in [0, 0.1) is 11.8 Å². The van der Waals surface area contributed by atoms with Gasteiger partial charge in [-0.2, -0.15) is 0 Å². The highest BCUT2D eigenvalue weighted by molar-refractivity contribution is 9.11. The van der Waals surface area contributed by atoms with Crippen molar-refractivity contribution < 1.29 is 14.2 Å². The van der Waals surface area contributed by atoms with E-state index in [9.17, 15) is 0 Å². The molecule has 0 aromatic heterocycles. The molecule has 0 spiro atoms. The Morgan fingerprint density at radius 1 is 1.05 bits per heavy atom. The second-order valence-electron chi connectivity index (χ2n) is 5.90. The minimum absolute atomic E-state index is 0.220. The van der Waals surface area contributed by atoms with Crippen molar-refractivity contribution in [1.29, 1.82) is 0 Å². The van der Waals surface area contributed by atoms with Crippen molar-refractivity contribution >= 4 is 31.9 Å². The van der Waals surface area contributed by atoms with Crippen molar-refractivity contribution in [2.45, 2.75) is 37.8 Å². The predicted octanol–water partition coefficient (Wildman–Crippen LogP) is 4.72. The maximum absolute atomic E-state index is 5.98. The highest BCUT2D eigenvalue weighted by Gasteiger charge is 2.42. The van der Waals surface area contributed by atoms with Gasteiger partial charge < -0.3 is 14.2 Å². The maximum atomic E-state index is 5.98. The lowest BCUT2D eigenvalue weighted by Gasteiger charge is -2.27. The van der Waals surface area contributed by atoms with Crippen LogP contribution in [-0.4, -0.2) is 25.4 Å². The monoisotopic (exact) mass is 418 g/mol. The van der Waals surface area contributed by atoms with E-state index in [1.165, 1.54) is 5.56 Å². The van der Waals surface area contributed by atoms with Gasteiger partial charge >= 0.3 is 0 Å². The maximum Gasteiger partial charge on any atom is 0.162 e. The molecule has 5 heteroatoms. The van der Waals surface area contributed by atoms with E-state index in [0.29, 0.717) is 31.2 Å². The Morgan fingerprint density at radius 3 is 2.24 bits per heavy atom. The van der Waals surface area contributed by atoms with Crippen molar-refractivity contribution in [3.05, 3.63) is 22.2 Å². The van der Waals surface area contributed by atoms with Gasteiger partial charge in [0.2, 0.25) is 0 Å². The van der Waals surface area contributed by atoms with Crippen LogP contribution in [0.3, 0.4) is 0 Å². The third-order valence-corrected chi connectivity index (χ3v) is 6.41. The summed E-state index contributed by atoms with van der Waals surface area (Å²) in [4.78, 5) is 0.220. The molecule has 1 saturated heterocycles. The summed E-state index contributed by atoms with van der Waals surface area (Å²) in [5, 5.41) is 0. The van der Waals surface area contributed by atoms with Gasteiger partial charge in [0.1, 0.15) is 13.2 Å². The lowest BCUT2D eigenvalue weighted by Crippen LogP contribution is -2.22. The zero-order valence-corrected chi connectivity index (χ0v) is 15.6. The Morgan fingerprint density at radius 2 is 1.67 bits per heavy atom. The Hall–Kier alpha value is -0.260. The molecule has 0 bridgehead atoms. The van der Waals surface area contributed by atoms with Crippen LogP contribution in [0.25, 0.3) is 0 Å². The highest BCUT2D eigenvalue weighted by Crippen LogP contribution is 2.48. The normalized spacial score (nSPS) is 33.0. The van der Waals surface area contributed by atoms with Crippen LogP contribution in [0.2, 0.25) is 0 Å². The number of benzene rings is 1. The Bertz CT molecular complexity index is 534. The topological polar surface area (TPSA) is 27.7 Å². The standard InChI is InChI=1S/C16H20Br2O3/c1-8-9(2)21-10(3)15(8)16(18)11-6-13-14(7-12(11)17)20-5-4-19-13/h6-10,15-16H,4-5H2,1-3H3. The fourth-order valence-electron chi connectivity index (χ4n) is 3.30. The third kappa shape index (κ3) is 2.84. The van der Waals surface area contributed by atoms with Crippen LogP contribution < -0.4 is 9.47 Å². The van der Waals surface area contributed by atoms with Crippen LogP contribution in [0.4, 0.5) is 0 Å². The second-order valence-corrected chi connectivity index (χ2v) is 7.74. The quantitative estimate of drug-likeness (QED) is 0.649. The molecule has 0 radical (unpaired) electrons. The smallest absolute Gasteiger partial charge is 0.162 e. The largest absolute Gasteiger partial charge is 0.486 e. The van der Waals surface area contributed by atoms with E-state index in [0.717, 1.165) is 16.0 Å². The first-order chi connectivity index (χ1) is 9.99. The first kappa shape index (κ1) is 15.6. The third-order valence-electron chi connectivity index (χ3n) is 4.62. The van der Waals surface area contributed by atoms with E-state index in [1.54, 1.807) is 0 Å². The molecular formula is C16H20Br2O3. The molecule has 1 fully saturated rings. The zero-order chi connectivity index (χ0) is 15.1. The van der Waals surface area contributed by atoms with E-state index in [-0.39, 0.29) is 10.9 Å². The molecule has 5 unspecified atom stereocenters. The summed E-state index contributed by atoms with van der Waals surface area (Å²) in [5.41, 5.74) is 1.20. The van der Waals surface area contributed by atoms with Crippen molar-refractivity contribution in [3.63, 3.8) is 0 Å². The molecule has 1 aromatic carbocycles. The number of alkyl halides is 1. The summed E-state index contributed by atoms with van der Waals surface area (Å²) in [6, 6.07) is 4.09. The number of ether oxygens (including phenoxy) is 3. The van der Waals surface area contributed by atoms with Crippen LogP contribution in [-0.2, 0) is 4.74 Å². The Kier molecular flexibility index (Phi) is 4.53. The molecule has 0 N–H and O–H groups in total. The van der Waals surface area contributed by atoms with Crippen molar-refractivity contribution in [2.75, 3.05) is 13.2 Å². The van der Waals surface area contributed by atoms with Crippen LogP contribution in [0.15, 0.2) is 16.6 Å². The average Bonchev–Trinajstić information content (AvgIpc) is 2.70. The van der Waals surface area contributed by atoms with E-state index >= 15 is 0 Å². The first-order valence-corrected chi connectivity index (χ1v) is 9.08. The molecule has 1 aromatic rings. The Labute approximate surface area is 142 Å². The summed E-state index contributed by atoms with van der Waals surface area (Å²) < 4.78 is 18.4. The lowest BCUT2D eigenvalue weighted by atomic mass is 9.84. The highest BCUT2D eigenvalue weighted by atomic mass is 79.9. The van der Waals surface area contributed by atoms with Gasteiger partial charge in [-0.05, 0) is 37.5 Å². The van der Waals surface area contributed by atoms with Gasteiger partial charge in [0.05, 0.1) is 12.2 Å². The van der Waals surface area contributed by atoms with E-state index in [4.69, 9.17) is 14.2 Å². The van der Waals surface area contributed by atoms with Gasteiger partial charge in [0.25, 0.3) is 0 Å². The van der Waals surface area contributed by atoms with E-state index in [1.807, 2.05) is 6.07 Å². The van der Waals surface area contributed by atoms with Crippen molar-refractivity contribution in [3.8, 4) is 11.5 Å². The van der Waals surface area contributed by atoms with Gasteiger partial charge in [0.15, 0.2) is 11.5 Å². The van der Waals surface area contributed by atoms with Gasteiger partial charge in [-0.1, -0.05) is 38.8 Å². The summed E-state index contributed by atoms with van der Waals surface area (Å²) in [6.45, 7) is 7.79. The molecule has 3 rings (SSSR count). The van der Waals surface area contributed by atoms with Crippen LogP contribution in [0.1, 0.15) is 31.2 Å². The van der Waals surface area contributed by atoms with Crippen LogP contribution in [0.5, 0.6) is 11.5 Å². The molecule has 0 aliphatic carbocycles. The average molecular weight is 420 g/mol. The zero-order valence-electron chi connectivity index (χ0n) is 12.4. The summed E-state index contributed by atoms with van der Waals surface area (Å²) in [7, 11) is 0. The van der Waals surface area contributed by atoms with E-state index in [2.05, 4.69) is 58.7 Å². The molecule has 2 heterocycles. The predicted molar refractivity (Wildman–Crippen MR) is 89.5 cm³/mol. The molecule has 0 saturated carbocycles. The molecule has 0 amide bonds. The Balaban J connectivity index is 1.92. The minimum atomic E-state index is 0.220. The molecule has 2 aliphatic rings. The molecule has 21 heavy (non-hydrogen) atoms. The summed E-state index contributed by atoms with van der Waals surface area (Å²) in [6.07, 6.45) is 0.528. The van der Waals surface area contributed by atoms with Crippen molar-refractivity contribution in [1.82, 2.24) is 0 Å². The first-order valence-electron chi connectivity index (χ1n) is 7.37. The minimum Gasteiger partial charge on any atom is -0.486 e. The van der Waals surface area contributed by atoms with Gasteiger partial charge in [-0.15, -0.1) is 0 Å². The summed E-state index contributed by atoms with van der Waals surface area (Å²) >= 11 is 7.57. The fourth-order valence-corrected chi connectivity index (χ4v) is 5.46. The van der Waals surface area contributed by atoms with E-state index < -0.39 is 0 Å². The number of hydrogen-bond donors (Lipinski definition) is 0. The van der Waals surface area contributed by atoms with Gasteiger partial charge in [0, 0.05) is 15.2 Å². The SMILES string of the molecule is CC1OC(C)C(C(Br)c2cc3c(cc2Br)OCCO3)C1C. The number of fused-ring (bicyclic) bond motifs is 1.